The van der Waals surface area contributed by atoms with Gasteiger partial charge in [-0.05, 0) is 37.7 Å². The van der Waals surface area contributed by atoms with Crippen LogP contribution in [0.5, 0.6) is 0 Å². The summed E-state index contributed by atoms with van der Waals surface area (Å²) in [5.41, 5.74) is 4.24. The summed E-state index contributed by atoms with van der Waals surface area (Å²) in [5, 5.41) is 20.8. The van der Waals surface area contributed by atoms with Crippen molar-refractivity contribution in [2.75, 3.05) is 6.26 Å². The van der Waals surface area contributed by atoms with E-state index in [2.05, 4.69) is 43.4 Å². The van der Waals surface area contributed by atoms with Crippen LogP contribution >= 0.6 is 11.8 Å². The summed E-state index contributed by atoms with van der Waals surface area (Å²) in [7, 11) is 0. The molecule has 5 nitrogen and oxygen atoms in total. The van der Waals surface area contributed by atoms with Gasteiger partial charge in [0.2, 0.25) is 0 Å². The summed E-state index contributed by atoms with van der Waals surface area (Å²) in [5.74, 6) is -0.320. The molecule has 2 aliphatic rings. The molecule has 1 fully saturated rings. The first kappa shape index (κ1) is 19.7. The van der Waals surface area contributed by atoms with Crippen molar-refractivity contribution in [1.29, 1.82) is 5.26 Å². The molecule has 0 aromatic heterocycles. The van der Waals surface area contributed by atoms with Gasteiger partial charge in [0.25, 0.3) is 0 Å². The second kappa shape index (κ2) is 8.02. The van der Waals surface area contributed by atoms with Crippen LogP contribution in [0.25, 0.3) is 0 Å². The van der Waals surface area contributed by atoms with Gasteiger partial charge in [-0.2, -0.15) is 10.4 Å². The van der Waals surface area contributed by atoms with Crippen molar-refractivity contribution >= 4 is 22.6 Å². The molecule has 1 N–H and O–H groups in total. The highest BCUT2D eigenvalue weighted by atomic mass is 32.2. The average molecular weight is 405 g/mol. The van der Waals surface area contributed by atoms with Crippen molar-refractivity contribution in [3.8, 4) is 6.07 Å². The maximum atomic E-state index is 13.2. The molecule has 0 aliphatic carbocycles. The molecule has 0 saturated carbocycles. The topological polar surface area (TPSA) is 68.5 Å². The van der Waals surface area contributed by atoms with E-state index >= 15 is 0 Å². The zero-order valence-corrected chi connectivity index (χ0v) is 17.6. The first-order valence-corrected chi connectivity index (χ1v) is 11.0. The Kier molecular flexibility index (Phi) is 5.44. The fourth-order valence-electron chi connectivity index (χ4n) is 4.32. The van der Waals surface area contributed by atoms with Crippen molar-refractivity contribution in [3.05, 3.63) is 70.8 Å². The number of carbonyl (C=O) groups is 1. The quantitative estimate of drug-likeness (QED) is 0.782. The average Bonchev–Trinajstić information content (AvgIpc) is 3.11. The number of nitrogens with zero attached hydrogens (tertiary/aromatic N) is 3. The maximum Gasteiger partial charge on any atom is 0.179 e. The van der Waals surface area contributed by atoms with Crippen LogP contribution in [0.15, 0.2) is 53.6 Å². The largest absolute Gasteiger partial charge is 0.292 e. The van der Waals surface area contributed by atoms with Gasteiger partial charge in [-0.1, -0.05) is 54.1 Å². The minimum Gasteiger partial charge on any atom is -0.292 e. The van der Waals surface area contributed by atoms with Crippen LogP contribution in [-0.2, 0) is 0 Å². The van der Waals surface area contributed by atoms with E-state index in [4.69, 9.17) is 5.10 Å². The molecule has 2 aromatic carbocycles. The van der Waals surface area contributed by atoms with Gasteiger partial charge in [0.05, 0.1) is 18.2 Å². The van der Waals surface area contributed by atoms with Crippen molar-refractivity contribution in [2.45, 2.75) is 38.5 Å². The van der Waals surface area contributed by atoms with Crippen molar-refractivity contribution in [2.24, 2.45) is 11.0 Å². The molecule has 6 heteroatoms. The standard InChI is InChI=1S/C23H24N4OS/c1-14-9-10-17(15(2)11-14)20-12-19(21(28)16-7-5-4-6-8-16)25-22-18(13-24)23(29-3)26-27(20)22/h4-11,18-20,22,25H,12H2,1-3H3. The zero-order chi connectivity index (χ0) is 20.5. The van der Waals surface area contributed by atoms with Crippen LogP contribution in [-0.4, -0.2) is 34.3 Å². The molecule has 29 heavy (non-hydrogen) atoms. The monoisotopic (exact) mass is 404 g/mol. The Morgan fingerprint density at radius 2 is 2.00 bits per heavy atom. The lowest BCUT2D eigenvalue weighted by Crippen LogP contribution is -2.58. The van der Waals surface area contributed by atoms with E-state index in [1.54, 1.807) is 0 Å². The Morgan fingerprint density at radius 3 is 2.66 bits per heavy atom. The number of hydrogen-bond acceptors (Lipinski definition) is 6. The molecule has 0 amide bonds. The molecule has 4 atom stereocenters. The predicted octanol–water partition coefficient (Wildman–Crippen LogP) is 4.05. The summed E-state index contributed by atoms with van der Waals surface area (Å²) in [4.78, 5) is 13.2. The van der Waals surface area contributed by atoms with E-state index in [0.29, 0.717) is 12.0 Å². The Labute approximate surface area is 175 Å². The number of ketones is 1. The third-order valence-electron chi connectivity index (χ3n) is 5.74. The first-order valence-electron chi connectivity index (χ1n) is 9.76. The summed E-state index contributed by atoms with van der Waals surface area (Å²) in [6.45, 7) is 4.18. The van der Waals surface area contributed by atoms with Crippen molar-refractivity contribution in [1.82, 2.24) is 10.3 Å². The van der Waals surface area contributed by atoms with E-state index in [1.165, 1.54) is 22.9 Å². The van der Waals surface area contributed by atoms with Crippen LogP contribution in [0.2, 0.25) is 0 Å². The molecule has 0 radical (unpaired) electrons. The minimum atomic E-state index is -0.385. The Balaban J connectivity index is 1.74. The van der Waals surface area contributed by atoms with Crippen LogP contribution in [0.4, 0.5) is 0 Å². The van der Waals surface area contributed by atoms with E-state index in [0.717, 1.165) is 10.6 Å². The van der Waals surface area contributed by atoms with E-state index in [9.17, 15) is 10.1 Å². The van der Waals surface area contributed by atoms with Crippen LogP contribution in [0, 0.1) is 31.1 Å². The summed E-state index contributed by atoms with van der Waals surface area (Å²) in [6, 6.07) is 17.7. The molecule has 1 saturated heterocycles. The van der Waals surface area contributed by atoms with Gasteiger partial charge in [-0.25, -0.2) is 0 Å². The number of thioether (sulfide) groups is 1. The number of nitrogens with one attached hydrogen (secondary N) is 1. The molecule has 4 rings (SSSR count). The lowest BCUT2D eigenvalue weighted by Gasteiger charge is -2.42. The van der Waals surface area contributed by atoms with Gasteiger partial charge in [0, 0.05) is 5.56 Å². The number of benzene rings is 2. The van der Waals surface area contributed by atoms with Gasteiger partial charge in [-0.3, -0.25) is 15.1 Å². The molecule has 2 heterocycles. The van der Waals surface area contributed by atoms with Gasteiger partial charge >= 0.3 is 0 Å². The number of nitriles is 1. The van der Waals surface area contributed by atoms with Crippen LogP contribution in [0.3, 0.4) is 0 Å². The predicted molar refractivity (Wildman–Crippen MR) is 117 cm³/mol. The molecule has 2 aliphatic heterocycles. The Morgan fingerprint density at radius 1 is 1.24 bits per heavy atom. The maximum absolute atomic E-state index is 13.2. The van der Waals surface area contributed by atoms with Gasteiger partial charge in [0.15, 0.2) is 5.78 Å². The lowest BCUT2D eigenvalue weighted by molar-refractivity contribution is 0.0474. The summed E-state index contributed by atoms with van der Waals surface area (Å²) < 4.78 is 0. The fourth-order valence-corrected chi connectivity index (χ4v) is 4.93. The summed E-state index contributed by atoms with van der Waals surface area (Å²) in [6.07, 6.45) is 2.25. The van der Waals surface area contributed by atoms with Crippen molar-refractivity contribution in [3.63, 3.8) is 0 Å². The second-order valence-corrected chi connectivity index (χ2v) is 8.46. The third-order valence-corrected chi connectivity index (χ3v) is 6.49. The number of fused-ring (bicyclic) bond motifs is 1. The molecular formula is C23H24N4OS. The summed E-state index contributed by atoms with van der Waals surface area (Å²) >= 11 is 1.50. The normalized spacial score (nSPS) is 25.9. The molecule has 148 valence electrons. The Hall–Kier alpha value is -2.62. The second-order valence-electron chi connectivity index (χ2n) is 7.64. The Bertz CT molecular complexity index is 998. The minimum absolute atomic E-state index is 0.0555. The molecule has 2 aromatic rings. The highest BCUT2D eigenvalue weighted by molar-refractivity contribution is 8.13. The number of hydrogen-bond donors (Lipinski definition) is 1. The van der Waals surface area contributed by atoms with E-state index in [-0.39, 0.29) is 30.0 Å². The highest BCUT2D eigenvalue weighted by Gasteiger charge is 2.47. The van der Waals surface area contributed by atoms with Gasteiger partial charge in [-0.15, -0.1) is 11.8 Å². The fraction of sp³-hybridized carbons (Fsp3) is 0.348. The van der Waals surface area contributed by atoms with Crippen molar-refractivity contribution < 1.29 is 4.79 Å². The number of aryl methyl sites for hydroxylation is 2. The van der Waals surface area contributed by atoms with Crippen LogP contribution < -0.4 is 5.32 Å². The van der Waals surface area contributed by atoms with Gasteiger partial charge < -0.3 is 0 Å². The zero-order valence-electron chi connectivity index (χ0n) is 16.8. The molecule has 0 spiro atoms. The molecular weight excluding hydrogens is 380 g/mol. The number of carbonyl (C=O) groups excluding carboxylic acids is 1. The van der Waals surface area contributed by atoms with Crippen LogP contribution in [0.1, 0.15) is 39.5 Å². The highest BCUT2D eigenvalue weighted by Crippen LogP contribution is 2.40. The number of hydrazone groups is 1. The van der Waals surface area contributed by atoms with E-state index in [1.807, 2.05) is 41.6 Å². The third kappa shape index (κ3) is 3.57. The number of rotatable bonds is 3. The molecule has 0 bridgehead atoms. The lowest BCUT2D eigenvalue weighted by atomic mass is 9.87. The van der Waals surface area contributed by atoms with E-state index < -0.39 is 0 Å². The SMILES string of the molecule is CSC1=NN2C(c3ccc(C)cc3C)CC(C(=O)c3ccccc3)NC2C1C#N. The smallest absolute Gasteiger partial charge is 0.179 e. The van der Waals surface area contributed by atoms with Gasteiger partial charge in [0.1, 0.15) is 17.1 Å². The number of Topliss-reactive ketones (excluding diaryl/α,β-unsaturated/α-hetero) is 1. The molecule has 4 unspecified atom stereocenters. The first-order chi connectivity index (χ1) is 14.0.